The molecule has 2 heterocycles. The Morgan fingerprint density at radius 1 is 0.412 bits per heavy atom. The van der Waals surface area contributed by atoms with Crippen molar-refractivity contribution < 1.29 is 4.42 Å². The van der Waals surface area contributed by atoms with E-state index in [4.69, 9.17) is 9.40 Å². The zero-order chi connectivity index (χ0) is 33.7. The lowest BCUT2D eigenvalue weighted by molar-refractivity contribution is 0.620. The number of oxazole rings is 1. The molecule has 0 atom stereocenters. The Morgan fingerprint density at radius 2 is 1.00 bits per heavy atom. The van der Waals surface area contributed by atoms with Crippen LogP contribution < -0.4 is 4.90 Å². The quantitative estimate of drug-likeness (QED) is 0.176. The highest BCUT2D eigenvalue weighted by molar-refractivity contribution is 7.25. The van der Waals surface area contributed by atoms with Crippen molar-refractivity contribution in [1.29, 1.82) is 0 Å². The molecule has 3 nitrogen and oxygen atoms in total. The molecule has 0 spiro atoms. The van der Waals surface area contributed by atoms with Crippen molar-refractivity contribution in [2.45, 2.75) is 0 Å². The normalized spacial score (nSPS) is 11.5. The van der Waals surface area contributed by atoms with Gasteiger partial charge >= 0.3 is 0 Å². The van der Waals surface area contributed by atoms with Crippen LogP contribution in [0.2, 0.25) is 0 Å². The highest BCUT2D eigenvalue weighted by Gasteiger charge is 2.16. The van der Waals surface area contributed by atoms with Crippen molar-refractivity contribution in [3.8, 4) is 33.7 Å². The van der Waals surface area contributed by atoms with Gasteiger partial charge in [0.25, 0.3) is 0 Å². The van der Waals surface area contributed by atoms with Gasteiger partial charge in [-0.05, 0) is 100 Å². The zero-order valence-electron chi connectivity index (χ0n) is 27.5. The van der Waals surface area contributed by atoms with Gasteiger partial charge in [0.05, 0.1) is 0 Å². The van der Waals surface area contributed by atoms with E-state index in [0.29, 0.717) is 5.89 Å². The van der Waals surface area contributed by atoms with Crippen LogP contribution in [-0.2, 0) is 0 Å². The lowest BCUT2D eigenvalue weighted by Crippen LogP contribution is -2.09. The molecule has 10 aromatic rings. The van der Waals surface area contributed by atoms with Crippen LogP contribution in [0, 0.1) is 0 Å². The molecule has 8 aromatic carbocycles. The summed E-state index contributed by atoms with van der Waals surface area (Å²) in [6, 6.07) is 64.7. The van der Waals surface area contributed by atoms with Crippen LogP contribution in [0.3, 0.4) is 0 Å². The molecule has 0 radical (unpaired) electrons. The summed E-state index contributed by atoms with van der Waals surface area (Å²) in [5, 5.41) is 4.79. The summed E-state index contributed by atoms with van der Waals surface area (Å²) >= 11 is 1.85. The molecular formula is C47H30N2OS. The molecule has 0 unspecified atom stereocenters. The number of fused-ring (bicyclic) bond motifs is 6. The summed E-state index contributed by atoms with van der Waals surface area (Å²) in [6.07, 6.45) is 0. The number of hydrogen-bond acceptors (Lipinski definition) is 4. The van der Waals surface area contributed by atoms with E-state index >= 15 is 0 Å². The molecule has 0 saturated carbocycles. The van der Waals surface area contributed by atoms with Gasteiger partial charge in [-0.3, -0.25) is 0 Å². The van der Waals surface area contributed by atoms with Crippen molar-refractivity contribution in [1.82, 2.24) is 4.98 Å². The number of hydrogen-bond donors (Lipinski definition) is 0. The summed E-state index contributed by atoms with van der Waals surface area (Å²) in [5.74, 6) is 0.642. The molecule has 0 aliphatic carbocycles. The average molecular weight is 671 g/mol. The first-order valence-electron chi connectivity index (χ1n) is 17.1. The minimum Gasteiger partial charge on any atom is -0.436 e. The number of nitrogens with zero attached hydrogens (tertiary/aromatic N) is 2. The molecule has 4 heteroatoms. The summed E-state index contributed by atoms with van der Waals surface area (Å²) in [4.78, 5) is 7.24. The molecule has 10 rings (SSSR count). The predicted octanol–water partition coefficient (Wildman–Crippen LogP) is 13.8. The van der Waals surface area contributed by atoms with Gasteiger partial charge in [0.15, 0.2) is 5.58 Å². The van der Waals surface area contributed by atoms with Gasteiger partial charge in [0.1, 0.15) is 5.52 Å². The fourth-order valence-corrected chi connectivity index (χ4v) is 8.23. The van der Waals surface area contributed by atoms with Crippen molar-refractivity contribution in [3.05, 3.63) is 182 Å². The third-order valence-electron chi connectivity index (χ3n) is 9.71. The van der Waals surface area contributed by atoms with Crippen LogP contribution in [0.5, 0.6) is 0 Å². The highest BCUT2D eigenvalue weighted by Crippen LogP contribution is 2.42. The highest BCUT2D eigenvalue weighted by atomic mass is 32.1. The van der Waals surface area contributed by atoms with E-state index in [0.717, 1.165) is 55.6 Å². The summed E-state index contributed by atoms with van der Waals surface area (Å²) < 4.78 is 8.75. The molecule has 0 saturated heterocycles. The molecule has 51 heavy (non-hydrogen) atoms. The Labute approximate surface area is 299 Å². The van der Waals surface area contributed by atoms with E-state index < -0.39 is 0 Å². The number of aromatic nitrogens is 1. The summed E-state index contributed by atoms with van der Waals surface area (Å²) in [6.45, 7) is 0. The standard InChI is InChI=1S/C47H30N2OS/c1-3-9-31(10-4-1)32-15-21-37(22-16-32)49(39-25-28-45-42(30-39)41-13-7-8-14-44(41)51-45)38-23-17-33(18-24-38)35-19-26-40-36(29-35)20-27-43-46(40)48-47(50-43)34-11-5-2-6-12-34/h1-30H. The van der Waals surface area contributed by atoms with Crippen LogP contribution in [0.1, 0.15) is 0 Å². The minimum atomic E-state index is 0.642. The molecule has 0 fully saturated rings. The van der Waals surface area contributed by atoms with E-state index in [9.17, 15) is 0 Å². The van der Waals surface area contributed by atoms with Crippen LogP contribution in [0.4, 0.5) is 17.1 Å². The maximum Gasteiger partial charge on any atom is 0.227 e. The number of benzene rings is 8. The second kappa shape index (κ2) is 12.1. The molecule has 2 aromatic heterocycles. The lowest BCUT2D eigenvalue weighted by Gasteiger charge is -2.26. The first kappa shape index (κ1) is 29.4. The van der Waals surface area contributed by atoms with Crippen molar-refractivity contribution in [2.75, 3.05) is 4.90 Å². The molecule has 240 valence electrons. The molecule has 0 N–H and O–H groups in total. The van der Waals surface area contributed by atoms with Crippen LogP contribution in [0.15, 0.2) is 186 Å². The van der Waals surface area contributed by atoms with Gasteiger partial charge in [0.2, 0.25) is 5.89 Å². The fourth-order valence-electron chi connectivity index (χ4n) is 7.14. The zero-order valence-corrected chi connectivity index (χ0v) is 28.3. The summed E-state index contributed by atoms with van der Waals surface area (Å²) in [5.41, 5.74) is 10.7. The molecule has 0 amide bonds. The van der Waals surface area contributed by atoms with E-state index in [1.807, 2.05) is 47.7 Å². The van der Waals surface area contributed by atoms with Gasteiger partial charge in [-0.15, -0.1) is 11.3 Å². The van der Waals surface area contributed by atoms with Crippen LogP contribution in [0.25, 0.3) is 75.8 Å². The van der Waals surface area contributed by atoms with Gasteiger partial charge in [0, 0.05) is 48.2 Å². The maximum absolute atomic E-state index is 6.14. The first-order valence-corrected chi connectivity index (χ1v) is 17.9. The SMILES string of the molecule is c1ccc(-c2ccc(N(c3ccc(-c4ccc5c(ccc6oc(-c7ccccc7)nc65)c4)cc3)c3ccc4sc5ccccc5c4c3)cc2)cc1. The number of rotatable bonds is 6. The maximum atomic E-state index is 6.14. The Balaban J connectivity index is 1.03. The first-order chi connectivity index (χ1) is 25.2. The van der Waals surface area contributed by atoms with Crippen molar-refractivity contribution in [3.63, 3.8) is 0 Å². The monoisotopic (exact) mass is 670 g/mol. The second-order valence-corrected chi connectivity index (χ2v) is 13.9. The van der Waals surface area contributed by atoms with Gasteiger partial charge < -0.3 is 9.32 Å². The predicted molar refractivity (Wildman–Crippen MR) is 215 cm³/mol. The number of anilines is 3. The largest absolute Gasteiger partial charge is 0.436 e. The molecule has 0 aliphatic heterocycles. The van der Waals surface area contributed by atoms with E-state index in [1.165, 1.54) is 31.3 Å². The van der Waals surface area contributed by atoms with Gasteiger partial charge in [-0.1, -0.05) is 109 Å². The van der Waals surface area contributed by atoms with Crippen molar-refractivity contribution >= 4 is 70.4 Å². The Kier molecular flexibility index (Phi) is 7.00. The Bertz CT molecular complexity index is 2840. The topological polar surface area (TPSA) is 29.3 Å². The Hall–Kier alpha value is -6.49. The third kappa shape index (κ3) is 5.25. The smallest absolute Gasteiger partial charge is 0.227 e. The van der Waals surface area contributed by atoms with Crippen LogP contribution in [-0.4, -0.2) is 4.98 Å². The molecular weight excluding hydrogens is 641 g/mol. The third-order valence-corrected chi connectivity index (χ3v) is 10.9. The van der Waals surface area contributed by atoms with Crippen molar-refractivity contribution in [2.24, 2.45) is 0 Å². The van der Waals surface area contributed by atoms with Gasteiger partial charge in [-0.2, -0.15) is 0 Å². The Morgan fingerprint density at radius 3 is 1.75 bits per heavy atom. The average Bonchev–Trinajstić information content (AvgIpc) is 3.81. The van der Waals surface area contributed by atoms with E-state index in [-0.39, 0.29) is 0 Å². The van der Waals surface area contributed by atoms with E-state index in [2.05, 4.69) is 150 Å². The lowest BCUT2D eigenvalue weighted by atomic mass is 10.00. The fraction of sp³-hybridized carbons (Fsp3) is 0. The van der Waals surface area contributed by atoms with Crippen LogP contribution >= 0.6 is 11.3 Å². The molecule has 0 aliphatic rings. The summed E-state index contributed by atoms with van der Waals surface area (Å²) in [7, 11) is 0. The van der Waals surface area contributed by atoms with Gasteiger partial charge in [-0.25, -0.2) is 4.98 Å². The minimum absolute atomic E-state index is 0.642. The van der Waals surface area contributed by atoms with E-state index in [1.54, 1.807) is 0 Å². The second-order valence-electron chi connectivity index (χ2n) is 12.8. The number of thiophene rings is 1. The molecule has 0 bridgehead atoms.